The first-order valence-corrected chi connectivity index (χ1v) is 6.51. The Morgan fingerprint density at radius 1 is 0.850 bits per heavy atom. The van der Waals surface area contributed by atoms with Crippen LogP contribution in [0.2, 0.25) is 10.0 Å². The molecule has 2 aromatic carbocycles. The molecule has 0 saturated heterocycles. The van der Waals surface area contributed by atoms with Gasteiger partial charge in [0.1, 0.15) is 0 Å². The number of aromatic nitrogens is 2. The summed E-state index contributed by atoms with van der Waals surface area (Å²) in [6.07, 6.45) is 0. The number of imidazole rings is 1. The van der Waals surface area contributed by atoms with E-state index in [-0.39, 0.29) is 11.5 Å². The van der Waals surface area contributed by atoms with Crippen LogP contribution in [0.5, 0.6) is 0 Å². The molecule has 1 aromatic heterocycles. The van der Waals surface area contributed by atoms with Crippen molar-refractivity contribution < 1.29 is 4.79 Å². The van der Waals surface area contributed by atoms with Crippen LogP contribution in [-0.2, 0) is 0 Å². The van der Waals surface area contributed by atoms with Crippen molar-refractivity contribution in [3.63, 3.8) is 0 Å². The van der Waals surface area contributed by atoms with Gasteiger partial charge in [-0.25, -0.2) is 4.79 Å². The SMILES string of the molecule is O=C(c1cc(Cl)cc(Cl)c1)c1ccc2[nH]c(=O)[nH]c2c1. The summed E-state index contributed by atoms with van der Waals surface area (Å²) in [5.74, 6) is -0.210. The first-order chi connectivity index (χ1) is 9.52. The van der Waals surface area contributed by atoms with Crippen molar-refractivity contribution in [3.8, 4) is 0 Å². The first kappa shape index (κ1) is 13.0. The maximum atomic E-state index is 12.4. The molecule has 0 bridgehead atoms. The third-order valence-corrected chi connectivity index (χ3v) is 3.34. The van der Waals surface area contributed by atoms with Gasteiger partial charge in [0.15, 0.2) is 5.78 Å². The van der Waals surface area contributed by atoms with Crippen LogP contribution < -0.4 is 5.69 Å². The number of nitrogens with one attached hydrogen (secondary N) is 2. The number of hydrogen-bond acceptors (Lipinski definition) is 2. The highest BCUT2D eigenvalue weighted by atomic mass is 35.5. The summed E-state index contributed by atoms with van der Waals surface area (Å²) in [6.45, 7) is 0. The van der Waals surface area contributed by atoms with E-state index in [9.17, 15) is 9.59 Å². The predicted octanol–water partition coefficient (Wildman–Crippen LogP) is 3.39. The molecule has 0 fully saturated rings. The molecule has 6 heteroatoms. The van der Waals surface area contributed by atoms with Crippen LogP contribution in [0.4, 0.5) is 0 Å². The minimum Gasteiger partial charge on any atom is -0.306 e. The molecule has 1 heterocycles. The van der Waals surface area contributed by atoms with Crippen molar-refractivity contribution >= 4 is 40.0 Å². The standard InChI is InChI=1S/C14H8Cl2N2O2/c15-9-3-8(4-10(16)6-9)13(19)7-1-2-11-12(5-7)18-14(20)17-11/h1-6H,(H2,17,18,20). The first-order valence-electron chi connectivity index (χ1n) is 5.76. The molecule has 0 aliphatic heterocycles. The van der Waals surface area contributed by atoms with Gasteiger partial charge in [-0.2, -0.15) is 0 Å². The van der Waals surface area contributed by atoms with Crippen molar-refractivity contribution in [1.29, 1.82) is 0 Å². The van der Waals surface area contributed by atoms with E-state index in [0.29, 0.717) is 32.2 Å². The number of benzene rings is 2. The quantitative estimate of drug-likeness (QED) is 0.713. The second kappa shape index (κ2) is 4.81. The number of rotatable bonds is 2. The van der Waals surface area contributed by atoms with Gasteiger partial charge in [0.25, 0.3) is 0 Å². The van der Waals surface area contributed by atoms with Gasteiger partial charge in [-0.3, -0.25) is 4.79 Å². The Labute approximate surface area is 123 Å². The summed E-state index contributed by atoms with van der Waals surface area (Å²) in [5.41, 5.74) is 1.77. The lowest BCUT2D eigenvalue weighted by atomic mass is 10.0. The largest absolute Gasteiger partial charge is 0.323 e. The maximum Gasteiger partial charge on any atom is 0.323 e. The maximum absolute atomic E-state index is 12.4. The molecule has 0 radical (unpaired) electrons. The molecule has 100 valence electrons. The van der Waals surface area contributed by atoms with Gasteiger partial charge in [-0.05, 0) is 36.4 Å². The highest BCUT2D eigenvalue weighted by molar-refractivity contribution is 6.35. The molecule has 0 atom stereocenters. The highest BCUT2D eigenvalue weighted by Crippen LogP contribution is 2.22. The van der Waals surface area contributed by atoms with Crippen LogP contribution in [0, 0.1) is 0 Å². The van der Waals surface area contributed by atoms with Crippen molar-refractivity contribution in [3.05, 3.63) is 68.1 Å². The summed E-state index contributed by atoms with van der Waals surface area (Å²) < 4.78 is 0. The zero-order valence-electron chi connectivity index (χ0n) is 10.0. The Morgan fingerprint density at radius 2 is 1.50 bits per heavy atom. The molecular formula is C14H8Cl2N2O2. The van der Waals surface area contributed by atoms with Crippen LogP contribution in [-0.4, -0.2) is 15.8 Å². The summed E-state index contributed by atoms with van der Waals surface area (Å²) in [5, 5.41) is 0.800. The van der Waals surface area contributed by atoms with Crippen molar-refractivity contribution in [2.24, 2.45) is 0 Å². The lowest BCUT2D eigenvalue weighted by Gasteiger charge is -2.03. The summed E-state index contributed by atoms with van der Waals surface area (Å²) in [7, 11) is 0. The van der Waals surface area contributed by atoms with Crippen LogP contribution in [0.3, 0.4) is 0 Å². The third kappa shape index (κ3) is 2.35. The van der Waals surface area contributed by atoms with Gasteiger partial charge >= 0.3 is 5.69 Å². The Bertz CT molecular complexity index is 860. The molecule has 3 rings (SSSR count). The number of ketones is 1. The Kier molecular flexibility index (Phi) is 3.12. The Morgan fingerprint density at radius 3 is 2.20 bits per heavy atom. The molecule has 3 aromatic rings. The summed E-state index contributed by atoms with van der Waals surface area (Å²) in [6, 6.07) is 9.60. The van der Waals surface area contributed by atoms with Crippen molar-refractivity contribution in [1.82, 2.24) is 9.97 Å². The van der Waals surface area contributed by atoms with Gasteiger partial charge in [0, 0.05) is 21.2 Å². The fraction of sp³-hybridized carbons (Fsp3) is 0. The van der Waals surface area contributed by atoms with Crippen LogP contribution in [0.15, 0.2) is 41.2 Å². The lowest BCUT2D eigenvalue weighted by Crippen LogP contribution is -2.01. The smallest absolute Gasteiger partial charge is 0.306 e. The second-order valence-electron chi connectivity index (χ2n) is 4.33. The number of hydrogen-bond donors (Lipinski definition) is 2. The van der Waals surface area contributed by atoms with Gasteiger partial charge in [-0.1, -0.05) is 23.2 Å². The molecule has 0 amide bonds. The van der Waals surface area contributed by atoms with E-state index in [0.717, 1.165) is 0 Å². The number of halogens is 2. The fourth-order valence-electron chi connectivity index (χ4n) is 2.03. The van der Waals surface area contributed by atoms with E-state index >= 15 is 0 Å². The highest BCUT2D eigenvalue weighted by Gasteiger charge is 2.12. The van der Waals surface area contributed by atoms with E-state index in [1.807, 2.05) is 0 Å². The van der Waals surface area contributed by atoms with Gasteiger partial charge in [-0.15, -0.1) is 0 Å². The van der Waals surface area contributed by atoms with Gasteiger partial charge < -0.3 is 9.97 Å². The normalized spacial score (nSPS) is 10.9. The van der Waals surface area contributed by atoms with E-state index < -0.39 is 0 Å². The van der Waals surface area contributed by atoms with Crippen LogP contribution in [0.25, 0.3) is 11.0 Å². The molecule has 0 aliphatic rings. The van der Waals surface area contributed by atoms with Gasteiger partial charge in [0.05, 0.1) is 11.0 Å². The lowest BCUT2D eigenvalue weighted by molar-refractivity contribution is 0.103. The molecule has 0 aliphatic carbocycles. The number of carbonyl (C=O) groups excluding carboxylic acids is 1. The third-order valence-electron chi connectivity index (χ3n) is 2.90. The second-order valence-corrected chi connectivity index (χ2v) is 5.20. The number of H-pyrrole nitrogens is 2. The number of carbonyl (C=O) groups is 1. The van der Waals surface area contributed by atoms with E-state index in [1.165, 1.54) is 0 Å². The van der Waals surface area contributed by atoms with E-state index in [2.05, 4.69) is 9.97 Å². The average Bonchev–Trinajstić information content (AvgIpc) is 2.75. The van der Waals surface area contributed by atoms with E-state index in [1.54, 1.807) is 36.4 Å². The van der Waals surface area contributed by atoms with Crippen molar-refractivity contribution in [2.45, 2.75) is 0 Å². The molecule has 0 saturated carbocycles. The molecule has 20 heavy (non-hydrogen) atoms. The van der Waals surface area contributed by atoms with Crippen LogP contribution >= 0.6 is 23.2 Å². The Balaban J connectivity index is 2.09. The molecule has 0 spiro atoms. The minimum absolute atomic E-state index is 0.210. The zero-order valence-corrected chi connectivity index (χ0v) is 11.5. The van der Waals surface area contributed by atoms with Gasteiger partial charge in [0.2, 0.25) is 0 Å². The minimum atomic E-state index is -0.310. The molecule has 2 N–H and O–H groups in total. The summed E-state index contributed by atoms with van der Waals surface area (Å²) in [4.78, 5) is 28.8. The Hall–Kier alpha value is -2.04. The fourth-order valence-corrected chi connectivity index (χ4v) is 2.55. The predicted molar refractivity (Wildman–Crippen MR) is 78.8 cm³/mol. The molecular weight excluding hydrogens is 299 g/mol. The molecule has 0 unspecified atom stereocenters. The number of fused-ring (bicyclic) bond motifs is 1. The monoisotopic (exact) mass is 306 g/mol. The average molecular weight is 307 g/mol. The summed E-state index contributed by atoms with van der Waals surface area (Å²) >= 11 is 11.8. The zero-order chi connectivity index (χ0) is 14.3. The molecule has 4 nitrogen and oxygen atoms in total. The van der Waals surface area contributed by atoms with E-state index in [4.69, 9.17) is 23.2 Å². The van der Waals surface area contributed by atoms with Crippen LogP contribution in [0.1, 0.15) is 15.9 Å². The topological polar surface area (TPSA) is 65.7 Å². The van der Waals surface area contributed by atoms with Crippen molar-refractivity contribution in [2.75, 3.05) is 0 Å². The number of aromatic amines is 2.